The maximum Gasteiger partial charge on any atom is 0.104 e. The largest absolute Gasteiger partial charge is 0.384 e. The van der Waals surface area contributed by atoms with Crippen LogP contribution < -0.4 is 5.73 Å². The second-order valence-electron chi connectivity index (χ2n) is 4.19. The number of fused-ring (bicyclic) bond motifs is 1. The highest BCUT2D eigenvalue weighted by Crippen LogP contribution is 2.36. The lowest BCUT2D eigenvalue weighted by molar-refractivity contribution is 0.0179. The SMILES string of the molecule is N#CC[C@@]1(O)C[C@H](N)Cc2ccccc21. The Balaban J connectivity index is 2.47. The van der Waals surface area contributed by atoms with Crippen LogP contribution in [0.4, 0.5) is 0 Å². The number of nitriles is 1. The summed E-state index contributed by atoms with van der Waals surface area (Å²) < 4.78 is 0. The van der Waals surface area contributed by atoms with Gasteiger partial charge in [-0.1, -0.05) is 24.3 Å². The van der Waals surface area contributed by atoms with Gasteiger partial charge in [-0.2, -0.15) is 5.26 Å². The van der Waals surface area contributed by atoms with E-state index in [9.17, 15) is 5.11 Å². The van der Waals surface area contributed by atoms with Crippen molar-refractivity contribution in [3.63, 3.8) is 0 Å². The molecule has 0 aromatic heterocycles. The zero-order valence-corrected chi connectivity index (χ0v) is 8.48. The smallest absolute Gasteiger partial charge is 0.104 e. The lowest BCUT2D eigenvalue weighted by Gasteiger charge is -2.35. The van der Waals surface area contributed by atoms with Crippen LogP contribution in [-0.4, -0.2) is 11.1 Å². The van der Waals surface area contributed by atoms with Gasteiger partial charge in [-0.15, -0.1) is 0 Å². The van der Waals surface area contributed by atoms with Crippen LogP contribution in [0.1, 0.15) is 24.0 Å². The third kappa shape index (κ3) is 1.74. The van der Waals surface area contributed by atoms with Crippen LogP contribution in [0.3, 0.4) is 0 Å². The molecule has 1 aromatic carbocycles. The fourth-order valence-corrected chi connectivity index (χ4v) is 2.35. The lowest BCUT2D eigenvalue weighted by Crippen LogP contribution is -2.41. The fraction of sp³-hybridized carbons (Fsp3) is 0.417. The minimum Gasteiger partial charge on any atom is -0.384 e. The molecule has 0 fully saturated rings. The highest BCUT2D eigenvalue weighted by atomic mass is 16.3. The number of aliphatic hydroxyl groups is 1. The van der Waals surface area contributed by atoms with Crippen LogP contribution in [0, 0.1) is 11.3 Å². The molecule has 0 saturated carbocycles. The summed E-state index contributed by atoms with van der Waals surface area (Å²) in [5.41, 5.74) is 6.77. The number of nitrogens with zero attached hydrogens (tertiary/aromatic N) is 1. The van der Waals surface area contributed by atoms with Gasteiger partial charge in [0, 0.05) is 6.04 Å². The van der Waals surface area contributed by atoms with Crippen LogP contribution in [0.15, 0.2) is 24.3 Å². The average molecular weight is 202 g/mol. The monoisotopic (exact) mass is 202 g/mol. The summed E-state index contributed by atoms with van der Waals surface area (Å²) in [6, 6.07) is 9.65. The Morgan fingerprint density at radius 3 is 3.00 bits per heavy atom. The van der Waals surface area contributed by atoms with Gasteiger partial charge < -0.3 is 10.8 Å². The van der Waals surface area contributed by atoms with E-state index in [2.05, 4.69) is 0 Å². The predicted molar refractivity (Wildman–Crippen MR) is 56.9 cm³/mol. The van der Waals surface area contributed by atoms with Crippen LogP contribution in [0.25, 0.3) is 0 Å². The first-order valence-corrected chi connectivity index (χ1v) is 5.09. The van der Waals surface area contributed by atoms with Crippen molar-refractivity contribution in [3.05, 3.63) is 35.4 Å². The Hall–Kier alpha value is -1.37. The quantitative estimate of drug-likeness (QED) is 0.715. The van der Waals surface area contributed by atoms with Gasteiger partial charge in [-0.05, 0) is 24.0 Å². The van der Waals surface area contributed by atoms with Crippen molar-refractivity contribution in [2.24, 2.45) is 5.73 Å². The Morgan fingerprint density at radius 2 is 2.27 bits per heavy atom. The normalized spacial score (nSPS) is 29.3. The lowest BCUT2D eigenvalue weighted by atomic mass is 9.75. The number of hydrogen-bond donors (Lipinski definition) is 2. The van der Waals surface area contributed by atoms with Crippen LogP contribution in [0.5, 0.6) is 0 Å². The third-order valence-corrected chi connectivity index (χ3v) is 2.97. The van der Waals surface area contributed by atoms with E-state index in [0.717, 1.165) is 17.5 Å². The van der Waals surface area contributed by atoms with E-state index >= 15 is 0 Å². The number of nitrogens with two attached hydrogens (primary N) is 1. The highest BCUT2D eigenvalue weighted by molar-refractivity contribution is 5.36. The van der Waals surface area contributed by atoms with E-state index in [1.807, 2.05) is 30.3 Å². The third-order valence-electron chi connectivity index (χ3n) is 2.97. The van der Waals surface area contributed by atoms with E-state index in [1.165, 1.54) is 0 Å². The van der Waals surface area contributed by atoms with Crippen molar-refractivity contribution in [3.8, 4) is 6.07 Å². The number of hydrogen-bond acceptors (Lipinski definition) is 3. The zero-order valence-electron chi connectivity index (χ0n) is 8.48. The van der Waals surface area contributed by atoms with E-state index in [0.29, 0.717) is 6.42 Å². The molecule has 0 amide bonds. The van der Waals surface area contributed by atoms with Gasteiger partial charge >= 0.3 is 0 Å². The summed E-state index contributed by atoms with van der Waals surface area (Å²) in [7, 11) is 0. The van der Waals surface area contributed by atoms with E-state index < -0.39 is 5.60 Å². The zero-order chi connectivity index (χ0) is 10.9. The first-order valence-electron chi connectivity index (χ1n) is 5.09. The molecule has 0 heterocycles. The second kappa shape index (κ2) is 3.65. The molecule has 78 valence electrons. The maximum absolute atomic E-state index is 10.4. The molecule has 1 aromatic rings. The predicted octanol–water partition coefficient (Wildman–Crippen LogP) is 1.06. The first-order chi connectivity index (χ1) is 7.15. The molecule has 0 saturated heterocycles. The molecule has 15 heavy (non-hydrogen) atoms. The van der Waals surface area contributed by atoms with Crippen LogP contribution >= 0.6 is 0 Å². The van der Waals surface area contributed by atoms with Gasteiger partial charge in [-0.3, -0.25) is 0 Å². The molecule has 0 spiro atoms. The topological polar surface area (TPSA) is 70.0 Å². The second-order valence-corrected chi connectivity index (χ2v) is 4.19. The van der Waals surface area contributed by atoms with Crippen molar-refractivity contribution in [1.29, 1.82) is 5.26 Å². The molecule has 2 rings (SSSR count). The molecule has 1 aliphatic carbocycles. The standard InChI is InChI=1S/C12H14N2O/c13-6-5-12(15)8-10(14)7-9-3-1-2-4-11(9)12/h1-4,10,15H,5,7-8,14H2/t10-,12-/m1/s1. The van der Waals surface area contributed by atoms with Gasteiger partial charge in [0.2, 0.25) is 0 Å². The van der Waals surface area contributed by atoms with Crippen LogP contribution in [0.2, 0.25) is 0 Å². The molecular formula is C12H14N2O. The first kappa shape index (κ1) is 10.2. The van der Waals surface area contributed by atoms with E-state index in [4.69, 9.17) is 11.0 Å². The molecule has 0 bridgehead atoms. The molecule has 0 unspecified atom stereocenters. The van der Waals surface area contributed by atoms with E-state index in [-0.39, 0.29) is 12.5 Å². The average Bonchev–Trinajstić information content (AvgIpc) is 2.17. The van der Waals surface area contributed by atoms with Crippen molar-refractivity contribution in [1.82, 2.24) is 0 Å². The summed E-state index contributed by atoms with van der Waals surface area (Å²) >= 11 is 0. The van der Waals surface area contributed by atoms with Gasteiger partial charge in [-0.25, -0.2) is 0 Å². The summed E-state index contributed by atoms with van der Waals surface area (Å²) in [6.45, 7) is 0. The van der Waals surface area contributed by atoms with Gasteiger partial charge in [0.1, 0.15) is 5.60 Å². The minimum absolute atomic E-state index is 0.0572. The van der Waals surface area contributed by atoms with Gasteiger partial charge in [0.05, 0.1) is 12.5 Å². The minimum atomic E-state index is -1.05. The number of rotatable bonds is 1. The van der Waals surface area contributed by atoms with Crippen molar-refractivity contribution in [2.45, 2.75) is 30.9 Å². The molecule has 1 aliphatic rings. The molecular weight excluding hydrogens is 188 g/mol. The maximum atomic E-state index is 10.4. The summed E-state index contributed by atoms with van der Waals surface area (Å²) in [5, 5.41) is 19.1. The van der Waals surface area contributed by atoms with E-state index in [1.54, 1.807) is 0 Å². The Kier molecular flexibility index (Phi) is 2.47. The Labute approximate surface area is 89.1 Å². The van der Waals surface area contributed by atoms with Crippen LogP contribution in [-0.2, 0) is 12.0 Å². The summed E-state index contributed by atoms with van der Waals surface area (Å²) in [6.07, 6.45) is 1.36. The Bertz CT molecular complexity index is 410. The molecule has 3 nitrogen and oxygen atoms in total. The van der Waals surface area contributed by atoms with Crippen molar-refractivity contribution in [2.75, 3.05) is 0 Å². The van der Waals surface area contributed by atoms with Gasteiger partial charge in [0.25, 0.3) is 0 Å². The van der Waals surface area contributed by atoms with Crippen molar-refractivity contribution < 1.29 is 5.11 Å². The summed E-state index contributed by atoms with van der Waals surface area (Å²) in [4.78, 5) is 0. The van der Waals surface area contributed by atoms with Gasteiger partial charge in [0.15, 0.2) is 0 Å². The fourth-order valence-electron chi connectivity index (χ4n) is 2.35. The molecule has 0 aliphatic heterocycles. The molecule has 2 atom stereocenters. The van der Waals surface area contributed by atoms with Crippen molar-refractivity contribution >= 4 is 0 Å². The highest BCUT2D eigenvalue weighted by Gasteiger charge is 2.37. The molecule has 3 N–H and O–H groups in total. The Morgan fingerprint density at radius 1 is 1.53 bits per heavy atom. The molecule has 3 heteroatoms. The summed E-state index contributed by atoms with van der Waals surface area (Å²) in [5.74, 6) is 0. The molecule has 0 radical (unpaired) electrons. The number of benzene rings is 1.